The Labute approximate surface area is 93.5 Å². The number of benzene rings is 1. The van der Waals surface area contributed by atoms with Gasteiger partial charge in [-0.05, 0) is 19.1 Å². The first kappa shape index (κ1) is 12.0. The first-order valence-electron chi connectivity index (χ1n) is 4.65. The molecule has 4 heteroatoms. The number of methoxy groups -OCH3 is 1. The Kier molecular flexibility index (Phi) is 4.27. The lowest BCUT2D eigenvalue weighted by atomic mass is 10.2. The van der Waals surface area contributed by atoms with E-state index in [1.807, 2.05) is 0 Å². The van der Waals surface area contributed by atoms with Crippen LogP contribution in [0.15, 0.2) is 36.1 Å². The summed E-state index contributed by atoms with van der Waals surface area (Å²) in [5, 5.41) is 0. The van der Waals surface area contributed by atoms with Gasteiger partial charge in [0.05, 0.1) is 24.5 Å². The molecule has 0 unspecified atom stereocenters. The lowest BCUT2D eigenvalue weighted by molar-refractivity contribution is -0.130. The van der Waals surface area contributed by atoms with Crippen molar-refractivity contribution in [2.45, 2.75) is 6.92 Å². The van der Waals surface area contributed by atoms with E-state index in [-0.39, 0.29) is 5.75 Å². The zero-order valence-electron chi connectivity index (χ0n) is 9.10. The van der Waals surface area contributed by atoms with Crippen LogP contribution in [0.25, 0.3) is 0 Å². The van der Waals surface area contributed by atoms with Gasteiger partial charge in [0.1, 0.15) is 5.75 Å². The number of hydrogen-bond acceptors (Lipinski definition) is 4. The molecule has 0 amide bonds. The van der Waals surface area contributed by atoms with Gasteiger partial charge in [0.2, 0.25) is 0 Å². The van der Waals surface area contributed by atoms with Crippen LogP contribution in [-0.4, -0.2) is 19.4 Å². The number of hydrogen-bond donors (Lipinski definition) is 0. The van der Waals surface area contributed by atoms with E-state index in [0.29, 0.717) is 17.4 Å². The smallest absolute Gasteiger partial charge is 0.342 e. The van der Waals surface area contributed by atoms with Crippen LogP contribution in [0.4, 0.5) is 0 Å². The number of esters is 1. The fourth-order valence-corrected chi connectivity index (χ4v) is 1.08. The number of carbonyl (C=O) groups excluding carboxylic acids is 2. The van der Waals surface area contributed by atoms with Gasteiger partial charge in [0, 0.05) is 0 Å². The summed E-state index contributed by atoms with van der Waals surface area (Å²) in [6, 6.07) is 6.51. The van der Waals surface area contributed by atoms with Crippen molar-refractivity contribution in [2.24, 2.45) is 0 Å². The molecule has 0 aliphatic rings. The average Bonchev–Trinajstić information content (AvgIpc) is 2.30. The zero-order chi connectivity index (χ0) is 12.0. The van der Waals surface area contributed by atoms with E-state index in [1.54, 1.807) is 31.2 Å². The molecule has 84 valence electrons. The maximum atomic E-state index is 11.5. The Morgan fingerprint density at radius 2 is 2.00 bits per heavy atom. The van der Waals surface area contributed by atoms with Crippen LogP contribution in [0.5, 0.6) is 5.75 Å². The molecule has 0 heterocycles. The lowest BCUT2D eigenvalue weighted by Crippen LogP contribution is -2.10. The van der Waals surface area contributed by atoms with Gasteiger partial charge >= 0.3 is 5.97 Å². The third-order valence-electron chi connectivity index (χ3n) is 1.87. The molecule has 0 aliphatic carbocycles. The second-order valence-electron chi connectivity index (χ2n) is 3.08. The molecular formula is C12H12O4. The Hall–Kier alpha value is -2.10. The Morgan fingerprint density at radius 3 is 2.62 bits per heavy atom. The highest BCUT2D eigenvalue weighted by Crippen LogP contribution is 2.16. The van der Waals surface area contributed by atoms with Gasteiger partial charge in [0.15, 0.2) is 6.29 Å². The average molecular weight is 220 g/mol. The van der Waals surface area contributed by atoms with Crippen LogP contribution in [-0.2, 0) is 9.53 Å². The van der Waals surface area contributed by atoms with Crippen LogP contribution >= 0.6 is 0 Å². The Morgan fingerprint density at radius 1 is 1.31 bits per heavy atom. The summed E-state index contributed by atoms with van der Waals surface area (Å²) in [6.07, 6.45) is 1.92. The highest BCUT2D eigenvalue weighted by atomic mass is 16.5. The molecule has 16 heavy (non-hydrogen) atoms. The molecular weight excluding hydrogens is 208 g/mol. The molecule has 0 saturated heterocycles. The number of carbonyl (C=O) groups is 2. The molecule has 0 fully saturated rings. The fraction of sp³-hybridized carbons (Fsp3) is 0.167. The summed E-state index contributed by atoms with van der Waals surface area (Å²) >= 11 is 0. The number of para-hydroxylation sites is 1. The minimum Gasteiger partial charge on any atom is -0.504 e. The van der Waals surface area contributed by atoms with Crippen molar-refractivity contribution in [3.05, 3.63) is 41.7 Å². The summed E-state index contributed by atoms with van der Waals surface area (Å²) in [6.45, 7) is 1.56. The number of aldehydes is 1. The first-order chi connectivity index (χ1) is 7.69. The van der Waals surface area contributed by atoms with Crippen LogP contribution in [0.2, 0.25) is 0 Å². The van der Waals surface area contributed by atoms with Gasteiger partial charge in [-0.15, -0.1) is 0 Å². The molecule has 0 aliphatic heterocycles. The standard InChI is InChI=1S/C12H12O4/c1-9(8-15-2)12(14)16-11-6-4-3-5-10(11)7-13/h3-8H,1-2H3. The number of rotatable bonds is 4. The molecule has 0 N–H and O–H groups in total. The highest BCUT2D eigenvalue weighted by Gasteiger charge is 2.10. The molecule has 1 rings (SSSR count). The zero-order valence-corrected chi connectivity index (χ0v) is 9.10. The normalized spacial score (nSPS) is 10.8. The molecule has 1 aromatic rings. The summed E-state index contributed by atoms with van der Waals surface area (Å²) in [7, 11) is 1.44. The van der Waals surface area contributed by atoms with E-state index >= 15 is 0 Å². The van der Waals surface area contributed by atoms with Gasteiger partial charge < -0.3 is 9.47 Å². The van der Waals surface area contributed by atoms with E-state index in [1.165, 1.54) is 13.4 Å². The van der Waals surface area contributed by atoms with Crippen molar-refractivity contribution in [1.29, 1.82) is 0 Å². The summed E-state index contributed by atoms with van der Waals surface area (Å²) in [5.41, 5.74) is 0.657. The van der Waals surface area contributed by atoms with Crippen LogP contribution in [0.1, 0.15) is 17.3 Å². The van der Waals surface area contributed by atoms with E-state index in [2.05, 4.69) is 4.74 Å². The third kappa shape index (κ3) is 2.95. The van der Waals surface area contributed by atoms with E-state index in [9.17, 15) is 9.59 Å². The lowest BCUT2D eigenvalue weighted by Gasteiger charge is -2.05. The second-order valence-corrected chi connectivity index (χ2v) is 3.08. The van der Waals surface area contributed by atoms with Gasteiger partial charge in [-0.3, -0.25) is 4.79 Å². The topological polar surface area (TPSA) is 52.6 Å². The van der Waals surface area contributed by atoms with Crippen molar-refractivity contribution < 1.29 is 19.1 Å². The minimum absolute atomic E-state index is 0.242. The van der Waals surface area contributed by atoms with E-state index in [0.717, 1.165) is 0 Å². The van der Waals surface area contributed by atoms with Crippen molar-refractivity contribution >= 4 is 12.3 Å². The van der Waals surface area contributed by atoms with Crippen molar-refractivity contribution in [3.8, 4) is 5.75 Å². The molecule has 0 saturated carbocycles. The van der Waals surface area contributed by atoms with Crippen LogP contribution in [0.3, 0.4) is 0 Å². The van der Waals surface area contributed by atoms with Gasteiger partial charge in [-0.25, -0.2) is 4.79 Å². The van der Waals surface area contributed by atoms with Crippen molar-refractivity contribution in [3.63, 3.8) is 0 Å². The highest BCUT2D eigenvalue weighted by molar-refractivity contribution is 5.91. The van der Waals surface area contributed by atoms with Crippen molar-refractivity contribution in [2.75, 3.05) is 7.11 Å². The second kappa shape index (κ2) is 5.70. The van der Waals surface area contributed by atoms with Gasteiger partial charge in [-0.2, -0.15) is 0 Å². The maximum absolute atomic E-state index is 11.5. The largest absolute Gasteiger partial charge is 0.504 e. The predicted molar refractivity (Wildman–Crippen MR) is 58.2 cm³/mol. The Bertz CT molecular complexity index is 421. The predicted octanol–water partition coefficient (Wildman–Crippen LogP) is 1.95. The van der Waals surface area contributed by atoms with Crippen molar-refractivity contribution in [1.82, 2.24) is 0 Å². The monoisotopic (exact) mass is 220 g/mol. The molecule has 0 bridgehead atoms. The summed E-state index contributed by atoms with van der Waals surface area (Å²) in [4.78, 5) is 22.2. The molecule has 0 spiro atoms. The van der Waals surface area contributed by atoms with E-state index < -0.39 is 5.97 Å². The molecule has 4 nitrogen and oxygen atoms in total. The summed E-state index contributed by atoms with van der Waals surface area (Å²) in [5.74, 6) is -0.303. The van der Waals surface area contributed by atoms with Gasteiger partial charge in [-0.1, -0.05) is 12.1 Å². The Balaban J connectivity index is 2.84. The molecule has 0 aromatic heterocycles. The summed E-state index contributed by atoms with van der Waals surface area (Å²) < 4.78 is 9.72. The van der Waals surface area contributed by atoms with E-state index in [4.69, 9.17) is 4.74 Å². The number of ether oxygens (including phenoxy) is 2. The SMILES string of the molecule is COC=C(C)C(=O)Oc1ccccc1C=O. The van der Waals surface area contributed by atoms with Crippen LogP contribution in [0, 0.1) is 0 Å². The van der Waals surface area contributed by atoms with Crippen LogP contribution < -0.4 is 4.74 Å². The molecule has 0 radical (unpaired) electrons. The first-order valence-corrected chi connectivity index (χ1v) is 4.65. The third-order valence-corrected chi connectivity index (χ3v) is 1.87. The molecule has 0 atom stereocenters. The fourth-order valence-electron chi connectivity index (χ4n) is 1.08. The van der Waals surface area contributed by atoms with Gasteiger partial charge in [0.25, 0.3) is 0 Å². The molecule has 1 aromatic carbocycles. The maximum Gasteiger partial charge on any atom is 0.342 e. The minimum atomic E-state index is -0.545. The quantitative estimate of drug-likeness (QED) is 0.256.